The zero-order chi connectivity index (χ0) is 14.9. The molecule has 0 aromatic heterocycles. The number of aliphatic imine (C=N–C) groups is 1. The van der Waals surface area contributed by atoms with Crippen molar-refractivity contribution in [3.05, 3.63) is 10.5 Å². The number of aliphatic hydroxyl groups is 1. The second kappa shape index (κ2) is 5.97. The van der Waals surface area contributed by atoms with Crippen LogP contribution in [0, 0.1) is 17.8 Å². The number of ketones is 1. The number of hydrogen-bond acceptors (Lipinski definition) is 5. The summed E-state index contributed by atoms with van der Waals surface area (Å²) in [5.74, 6) is -1.55. The van der Waals surface area contributed by atoms with Crippen LogP contribution in [-0.2, 0) is 9.59 Å². The number of carbonyl (C=O) groups is 2. The Morgan fingerprint density at radius 1 is 1.65 bits per heavy atom. The summed E-state index contributed by atoms with van der Waals surface area (Å²) in [5.41, 5.74) is 5.36. The molecule has 1 saturated carbocycles. The Morgan fingerprint density at radius 3 is 2.90 bits per heavy atom. The predicted molar refractivity (Wildman–Crippen MR) is 76.4 cm³/mol. The van der Waals surface area contributed by atoms with Crippen molar-refractivity contribution in [2.75, 3.05) is 12.3 Å². The van der Waals surface area contributed by atoms with E-state index in [0.717, 1.165) is 4.91 Å². The van der Waals surface area contributed by atoms with E-state index >= 15 is 0 Å². The van der Waals surface area contributed by atoms with Gasteiger partial charge in [-0.1, -0.05) is 0 Å². The lowest BCUT2D eigenvalue weighted by Gasteiger charge is -2.41. The van der Waals surface area contributed by atoms with Gasteiger partial charge in [0.1, 0.15) is 5.78 Å². The van der Waals surface area contributed by atoms with Crippen molar-refractivity contribution in [3.8, 4) is 0 Å². The zero-order valence-electron chi connectivity index (χ0n) is 11.2. The third kappa shape index (κ3) is 2.47. The minimum Gasteiger partial charge on any atom is -0.478 e. The molecule has 0 bridgehead atoms. The number of rotatable bonds is 6. The van der Waals surface area contributed by atoms with Crippen LogP contribution in [0.3, 0.4) is 0 Å². The number of aliphatic carboxylic acids is 1. The van der Waals surface area contributed by atoms with Gasteiger partial charge >= 0.3 is 5.97 Å². The average molecular weight is 298 g/mol. The average Bonchev–Trinajstić information content (AvgIpc) is 2.69. The number of carboxylic acid groups (broad SMARTS) is 1. The Bertz CT molecular complexity index is 487. The van der Waals surface area contributed by atoms with E-state index in [1.165, 1.54) is 18.1 Å². The number of fused-ring (bicyclic) bond motifs is 1. The molecule has 0 aromatic carbocycles. The van der Waals surface area contributed by atoms with Gasteiger partial charge in [0.05, 0.1) is 30.5 Å². The van der Waals surface area contributed by atoms with Crippen molar-refractivity contribution in [1.29, 1.82) is 0 Å². The fourth-order valence-corrected chi connectivity index (χ4v) is 4.22. The molecule has 0 radical (unpaired) electrons. The smallest absolute Gasteiger partial charge is 0.333 e. The SMILES string of the molecule is C[C@H](O)[C@H]1C(=O)[C@H]2C(C(=O)O)=C(SCCN=CN)C[C@H]21. The third-order valence-corrected chi connectivity index (χ3v) is 5.03. The molecule has 0 amide bonds. The van der Waals surface area contributed by atoms with Crippen molar-refractivity contribution < 1.29 is 19.8 Å². The molecule has 20 heavy (non-hydrogen) atoms. The van der Waals surface area contributed by atoms with Crippen molar-refractivity contribution in [2.45, 2.75) is 19.4 Å². The maximum absolute atomic E-state index is 12.0. The van der Waals surface area contributed by atoms with Crippen LogP contribution in [0.1, 0.15) is 13.3 Å². The zero-order valence-corrected chi connectivity index (χ0v) is 12.0. The quantitative estimate of drug-likeness (QED) is 0.368. The van der Waals surface area contributed by atoms with Gasteiger partial charge in [-0.05, 0) is 24.2 Å². The largest absolute Gasteiger partial charge is 0.478 e. The molecule has 2 rings (SSSR count). The number of nitrogens with zero attached hydrogens (tertiary/aromatic N) is 1. The van der Waals surface area contributed by atoms with Gasteiger partial charge in [-0.2, -0.15) is 0 Å². The second-order valence-corrected chi connectivity index (χ2v) is 6.25. The lowest BCUT2D eigenvalue weighted by molar-refractivity contribution is -0.149. The van der Waals surface area contributed by atoms with E-state index in [2.05, 4.69) is 4.99 Å². The van der Waals surface area contributed by atoms with E-state index in [1.807, 2.05) is 0 Å². The van der Waals surface area contributed by atoms with Crippen molar-refractivity contribution in [3.63, 3.8) is 0 Å². The molecule has 6 nitrogen and oxygen atoms in total. The van der Waals surface area contributed by atoms with Crippen molar-refractivity contribution in [2.24, 2.45) is 28.5 Å². The van der Waals surface area contributed by atoms with Crippen molar-refractivity contribution in [1.82, 2.24) is 0 Å². The normalized spacial score (nSPS) is 30.5. The van der Waals surface area contributed by atoms with Crippen LogP contribution in [-0.4, -0.2) is 46.7 Å². The molecule has 1 fully saturated rings. The molecular formula is C13H18N2O4S. The van der Waals surface area contributed by atoms with Gasteiger partial charge in [-0.3, -0.25) is 9.79 Å². The van der Waals surface area contributed by atoms with E-state index in [1.54, 1.807) is 6.92 Å². The number of hydrogen-bond donors (Lipinski definition) is 3. The molecule has 0 unspecified atom stereocenters. The van der Waals surface area contributed by atoms with Gasteiger partial charge in [0.2, 0.25) is 0 Å². The first kappa shape index (κ1) is 15.1. The maximum Gasteiger partial charge on any atom is 0.333 e. The molecule has 0 aromatic rings. The number of carboxylic acids is 1. The first-order chi connectivity index (χ1) is 9.49. The Labute approximate surface area is 121 Å². The standard InChI is InChI=1S/C13H18N2O4S/c1-6(16)9-7-4-8(20-3-2-15-5-14)11(13(18)19)10(7)12(9)17/h5-7,9-10,16H,2-4H2,1H3,(H2,14,15)(H,18,19)/t6-,7-,9+,10+/m0/s1. The minimum absolute atomic E-state index is 0.0610. The highest BCUT2D eigenvalue weighted by atomic mass is 32.2. The lowest BCUT2D eigenvalue weighted by atomic mass is 9.61. The van der Waals surface area contributed by atoms with Crippen LogP contribution in [0.25, 0.3) is 0 Å². The summed E-state index contributed by atoms with van der Waals surface area (Å²) in [6, 6.07) is 0. The van der Waals surface area contributed by atoms with Crippen LogP contribution < -0.4 is 5.73 Å². The van der Waals surface area contributed by atoms with Crippen LogP contribution in [0.5, 0.6) is 0 Å². The highest BCUT2D eigenvalue weighted by molar-refractivity contribution is 8.03. The third-order valence-electron chi connectivity index (χ3n) is 3.91. The summed E-state index contributed by atoms with van der Waals surface area (Å²) >= 11 is 1.42. The number of nitrogens with two attached hydrogens (primary N) is 1. The van der Waals surface area contributed by atoms with Crippen LogP contribution in [0.15, 0.2) is 15.5 Å². The van der Waals surface area contributed by atoms with Crippen LogP contribution in [0.4, 0.5) is 0 Å². The van der Waals surface area contributed by atoms with Gasteiger partial charge in [0.15, 0.2) is 0 Å². The first-order valence-electron chi connectivity index (χ1n) is 6.50. The number of thioether (sulfide) groups is 1. The Kier molecular flexibility index (Phi) is 4.49. The summed E-state index contributed by atoms with van der Waals surface area (Å²) < 4.78 is 0. The van der Waals surface area contributed by atoms with E-state index in [-0.39, 0.29) is 17.3 Å². The molecule has 0 saturated heterocycles. The van der Waals surface area contributed by atoms with E-state index in [0.29, 0.717) is 18.7 Å². The van der Waals surface area contributed by atoms with Crippen molar-refractivity contribution >= 4 is 29.9 Å². The topological polar surface area (TPSA) is 113 Å². The lowest BCUT2D eigenvalue weighted by Crippen LogP contribution is -2.51. The molecule has 0 spiro atoms. The first-order valence-corrected chi connectivity index (χ1v) is 7.48. The summed E-state index contributed by atoms with van der Waals surface area (Å²) in [7, 11) is 0. The van der Waals surface area contributed by atoms with Gasteiger partial charge in [-0.15, -0.1) is 11.8 Å². The summed E-state index contributed by atoms with van der Waals surface area (Å²) in [6.07, 6.45) is 1.06. The highest BCUT2D eigenvalue weighted by Crippen LogP contribution is 2.54. The second-order valence-electron chi connectivity index (χ2n) is 5.06. The number of carbonyl (C=O) groups excluding carboxylic acids is 1. The van der Waals surface area contributed by atoms with E-state index in [4.69, 9.17) is 5.73 Å². The molecule has 110 valence electrons. The molecule has 0 heterocycles. The molecule has 7 heteroatoms. The fourth-order valence-electron chi connectivity index (χ4n) is 3.10. The molecule has 0 aliphatic heterocycles. The Hall–Kier alpha value is -1.34. The molecule has 2 aliphatic rings. The Morgan fingerprint density at radius 2 is 2.35 bits per heavy atom. The van der Waals surface area contributed by atoms with Gasteiger partial charge in [0, 0.05) is 11.7 Å². The number of aliphatic hydroxyl groups excluding tert-OH is 1. The van der Waals surface area contributed by atoms with Gasteiger partial charge in [0.25, 0.3) is 0 Å². The summed E-state index contributed by atoms with van der Waals surface area (Å²) in [4.78, 5) is 28.0. The predicted octanol–water partition coefficient (Wildman–Crippen LogP) is 0.261. The summed E-state index contributed by atoms with van der Waals surface area (Å²) in [6.45, 7) is 2.10. The Balaban J connectivity index is 2.11. The minimum atomic E-state index is -1.03. The van der Waals surface area contributed by atoms with Crippen LogP contribution >= 0.6 is 11.8 Å². The van der Waals surface area contributed by atoms with E-state index < -0.39 is 23.9 Å². The number of allylic oxidation sites excluding steroid dienone is 1. The number of Topliss-reactive ketones (excluding diaryl/α,β-unsaturated/α-hetero) is 1. The molecule has 4 atom stereocenters. The fraction of sp³-hybridized carbons (Fsp3) is 0.615. The highest BCUT2D eigenvalue weighted by Gasteiger charge is 2.58. The van der Waals surface area contributed by atoms with Gasteiger partial charge < -0.3 is 15.9 Å². The van der Waals surface area contributed by atoms with E-state index in [9.17, 15) is 19.8 Å². The molecule has 2 aliphatic carbocycles. The maximum atomic E-state index is 12.0. The summed E-state index contributed by atoms with van der Waals surface area (Å²) in [5, 5.41) is 18.9. The molecule has 4 N–H and O–H groups in total. The van der Waals surface area contributed by atoms with Crippen LogP contribution in [0.2, 0.25) is 0 Å². The molecular weight excluding hydrogens is 280 g/mol. The monoisotopic (exact) mass is 298 g/mol. The van der Waals surface area contributed by atoms with Gasteiger partial charge in [-0.25, -0.2) is 4.79 Å².